The van der Waals surface area contributed by atoms with Crippen molar-refractivity contribution in [3.05, 3.63) is 46.7 Å². The lowest BCUT2D eigenvalue weighted by Gasteiger charge is -2.24. The van der Waals surface area contributed by atoms with E-state index in [4.69, 9.17) is 16.6 Å². The number of hydrogen-bond donors (Lipinski definition) is 0. The maximum Gasteiger partial charge on any atom is 0.266 e. The normalized spacial score (nSPS) is 17.8. The average Bonchev–Trinajstić information content (AvgIpc) is 2.51. The third-order valence-electron chi connectivity index (χ3n) is 3.37. The quantitative estimate of drug-likeness (QED) is 0.336. The number of allylic oxidation sites excluding steroid dienone is 5. The van der Waals surface area contributed by atoms with E-state index in [1.165, 1.54) is 19.8 Å². The molecule has 0 aromatic heterocycles. The summed E-state index contributed by atoms with van der Waals surface area (Å²) in [7, 11) is 1.52. The smallest absolute Gasteiger partial charge is 0.266 e. The van der Waals surface area contributed by atoms with Crippen molar-refractivity contribution in [2.75, 3.05) is 7.11 Å². The van der Waals surface area contributed by atoms with Crippen molar-refractivity contribution in [2.24, 2.45) is 5.92 Å². The minimum Gasteiger partial charge on any atom is -0.504 e. The van der Waals surface area contributed by atoms with Crippen LogP contribution >= 0.6 is 0 Å². The predicted octanol–water partition coefficient (Wildman–Crippen LogP) is 3.87. The van der Waals surface area contributed by atoms with Crippen molar-refractivity contribution in [1.82, 2.24) is 0 Å². The predicted molar refractivity (Wildman–Crippen MR) is 75.7 cm³/mol. The number of nitriles is 2. The van der Waals surface area contributed by atoms with Crippen LogP contribution in [0.3, 0.4) is 0 Å². The second-order valence-corrected chi connectivity index (χ2v) is 4.58. The van der Waals surface area contributed by atoms with E-state index in [1.54, 1.807) is 12.2 Å². The van der Waals surface area contributed by atoms with Crippen LogP contribution in [0.15, 0.2) is 35.3 Å². The topological polar surface area (TPSA) is 61.2 Å². The van der Waals surface area contributed by atoms with Gasteiger partial charge in [0.05, 0.1) is 32.1 Å². The van der Waals surface area contributed by atoms with E-state index in [1.807, 2.05) is 6.07 Å². The molecule has 1 saturated carbocycles. The summed E-state index contributed by atoms with van der Waals surface area (Å²) in [5.74, 6) is 0.134. The molecule has 1 aliphatic carbocycles. The SMILES string of the molecule is [C-]#[N+]/C(C#N)=C(/C(C#N)=C/C=C/OC)C1CCCCC1. The zero-order valence-electron chi connectivity index (χ0n) is 11.6. The summed E-state index contributed by atoms with van der Waals surface area (Å²) in [6.45, 7) is 7.16. The first kappa shape index (κ1) is 15.5. The first-order valence-corrected chi connectivity index (χ1v) is 6.60. The number of nitrogens with zero attached hydrogens (tertiary/aromatic N) is 3. The Morgan fingerprint density at radius 1 is 1.25 bits per heavy atom. The van der Waals surface area contributed by atoms with Gasteiger partial charge >= 0.3 is 0 Å². The molecule has 102 valence electrons. The summed E-state index contributed by atoms with van der Waals surface area (Å²) in [6.07, 6.45) is 9.88. The van der Waals surface area contributed by atoms with E-state index < -0.39 is 0 Å². The molecule has 0 saturated heterocycles. The Hall–Kier alpha value is -2.51. The molecule has 1 aliphatic rings. The Labute approximate surface area is 120 Å². The maximum absolute atomic E-state index is 9.33. The summed E-state index contributed by atoms with van der Waals surface area (Å²) in [5.41, 5.74) is 1.03. The lowest BCUT2D eigenvalue weighted by atomic mass is 9.80. The van der Waals surface area contributed by atoms with Crippen LogP contribution in [0.4, 0.5) is 0 Å². The first-order chi connectivity index (χ1) is 9.78. The summed E-state index contributed by atoms with van der Waals surface area (Å²) in [6, 6.07) is 4.04. The van der Waals surface area contributed by atoms with Gasteiger partial charge in [0.2, 0.25) is 0 Å². The highest BCUT2D eigenvalue weighted by Crippen LogP contribution is 2.35. The van der Waals surface area contributed by atoms with Crippen LogP contribution in [0.5, 0.6) is 0 Å². The molecule has 0 N–H and O–H groups in total. The van der Waals surface area contributed by atoms with E-state index in [2.05, 4.69) is 10.9 Å². The van der Waals surface area contributed by atoms with Gasteiger partial charge < -0.3 is 4.74 Å². The minimum absolute atomic E-state index is 0.0375. The van der Waals surface area contributed by atoms with Gasteiger partial charge in [-0.3, -0.25) is 0 Å². The largest absolute Gasteiger partial charge is 0.504 e. The number of hydrogen-bond acceptors (Lipinski definition) is 3. The van der Waals surface area contributed by atoms with Gasteiger partial charge in [-0.2, -0.15) is 5.26 Å². The van der Waals surface area contributed by atoms with Gasteiger partial charge in [-0.25, -0.2) is 10.1 Å². The maximum atomic E-state index is 9.33. The van der Waals surface area contributed by atoms with E-state index in [-0.39, 0.29) is 11.6 Å². The Morgan fingerprint density at radius 2 is 1.95 bits per heavy atom. The zero-order chi connectivity index (χ0) is 14.8. The fourth-order valence-corrected chi connectivity index (χ4v) is 2.48. The third kappa shape index (κ3) is 4.01. The van der Waals surface area contributed by atoms with Gasteiger partial charge in [-0.1, -0.05) is 19.3 Å². The Balaban J connectivity index is 3.24. The van der Waals surface area contributed by atoms with Crippen LogP contribution in [0.1, 0.15) is 32.1 Å². The molecule has 0 spiro atoms. The first-order valence-electron chi connectivity index (χ1n) is 6.60. The van der Waals surface area contributed by atoms with Crippen molar-refractivity contribution >= 4 is 0 Å². The highest BCUT2D eigenvalue weighted by molar-refractivity contribution is 5.53. The van der Waals surface area contributed by atoms with Gasteiger partial charge in [0, 0.05) is 5.57 Å². The lowest BCUT2D eigenvalue weighted by Crippen LogP contribution is -2.12. The molecule has 20 heavy (non-hydrogen) atoms. The van der Waals surface area contributed by atoms with Gasteiger partial charge in [-0.05, 0) is 36.5 Å². The summed E-state index contributed by atoms with van der Waals surface area (Å²) in [4.78, 5) is 3.30. The molecule has 0 bridgehead atoms. The number of rotatable bonds is 4. The molecule has 0 aromatic rings. The molecule has 0 heterocycles. The molecule has 0 unspecified atom stereocenters. The van der Waals surface area contributed by atoms with Crippen molar-refractivity contribution in [3.8, 4) is 12.1 Å². The molecule has 0 aliphatic heterocycles. The van der Waals surface area contributed by atoms with E-state index in [0.717, 1.165) is 25.7 Å². The van der Waals surface area contributed by atoms with Crippen molar-refractivity contribution in [3.63, 3.8) is 0 Å². The van der Waals surface area contributed by atoms with Gasteiger partial charge in [-0.15, -0.1) is 0 Å². The van der Waals surface area contributed by atoms with Crippen LogP contribution in [0, 0.1) is 35.2 Å². The second-order valence-electron chi connectivity index (χ2n) is 4.58. The highest BCUT2D eigenvalue weighted by atomic mass is 16.5. The van der Waals surface area contributed by atoms with Crippen LogP contribution in [-0.2, 0) is 4.74 Å². The minimum atomic E-state index is 0.0375. The monoisotopic (exact) mass is 267 g/mol. The fourth-order valence-electron chi connectivity index (χ4n) is 2.48. The summed E-state index contributed by atoms with van der Waals surface area (Å²) >= 11 is 0. The summed E-state index contributed by atoms with van der Waals surface area (Å²) in [5, 5.41) is 18.5. The second kappa shape index (κ2) is 8.57. The van der Waals surface area contributed by atoms with Crippen LogP contribution < -0.4 is 0 Å². The molecule has 1 rings (SSSR count). The van der Waals surface area contributed by atoms with E-state index in [9.17, 15) is 5.26 Å². The molecule has 0 atom stereocenters. The number of ether oxygens (including phenoxy) is 1. The van der Waals surface area contributed by atoms with Crippen molar-refractivity contribution < 1.29 is 4.74 Å². The van der Waals surface area contributed by atoms with Crippen LogP contribution in [0.2, 0.25) is 0 Å². The number of methoxy groups -OCH3 is 1. The molecule has 0 amide bonds. The average molecular weight is 267 g/mol. The lowest BCUT2D eigenvalue weighted by molar-refractivity contribution is 0.338. The zero-order valence-corrected chi connectivity index (χ0v) is 11.6. The van der Waals surface area contributed by atoms with Crippen molar-refractivity contribution in [1.29, 1.82) is 10.5 Å². The van der Waals surface area contributed by atoms with Crippen LogP contribution in [0.25, 0.3) is 4.85 Å². The molecule has 1 fully saturated rings. The van der Waals surface area contributed by atoms with E-state index >= 15 is 0 Å². The molecule has 4 nitrogen and oxygen atoms in total. The molecule has 0 aromatic carbocycles. The third-order valence-corrected chi connectivity index (χ3v) is 3.37. The van der Waals surface area contributed by atoms with Gasteiger partial charge in [0.15, 0.2) is 0 Å². The molecular weight excluding hydrogens is 250 g/mol. The van der Waals surface area contributed by atoms with Gasteiger partial charge in [0.1, 0.15) is 0 Å². The molecule has 0 radical (unpaired) electrons. The Kier molecular flexibility index (Phi) is 6.66. The summed E-state index contributed by atoms with van der Waals surface area (Å²) < 4.78 is 4.80. The Bertz CT molecular complexity index is 528. The van der Waals surface area contributed by atoms with Crippen molar-refractivity contribution in [2.45, 2.75) is 32.1 Å². The molecule has 4 heteroatoms. The fraction of sp³-hybridized carbons (Fsp3) is 0.438. The van der Waals surface area contributed by atoms with Crippen LogP contribution in [-0.4, -0.2) is 7.11 Å². The highest BCUT2D eigenvalue weighted by Gasteiger charge is 2.24. The Morgan fingerprint density at radius 3 is 2.45 bits per heavy atom. The molecular formula is C16H17N3O. The standard InChI is InChI=1S/C16H17N3O/c1-19-15(12-18)16(13-7-4-3-5-8-13)14(11-17)9-6-10-20-2/h6,9-10,13H,3-5,7-8H2,2H3/b10-6+,14-9+,16-15+. The van der Waals surface area contributed by atoms with E-state index in [0.29, 0.717) is 11.1 Å². The van der Waals surface area contributed by atoms with Gasteiger partial charge in [0.25, 0.3) is 5.70 Å².